The van der Waals surface area contributed by atoms with Gasteiger partial charge >= 0.3 is 0 Å². The van der Waals surface area contributed by atoms with Crippen molar-refractivity contribution in [3.8, 4) is 0 Å². The summed E-state index contributed by atoms with van der Waals surface area (Å²) in [6, 6.07) is 12.5. The second-order valence-electron chi connectivity index (χ2n) is 5.82. The highest BCUT2D eigenvalue weighted by molar-refractivity contribution is 6.31. The predicted molar refractivity (Wildman–Crippen MR) is 105 cm³/mol. The third-order valence-corrected chi connectivity index (χ3v) is 4.18. The van der Waals surface area contributed by atoms with Crippen LogP contribution in [0.25, 0.3) is 0 Å². The zero-order chi connectivity index (χ0) is 19.1. The number of halogens is 1. The maximum Gasteiger partial charge on any atom is 0.240 e. The lowest BCUT2D eigenvalue weighted by atomic mass is 10.1. The van der Waals surface area contributed by atoms with Crippen LogP contribution in [0.1, 0.15) is 30.9 Å². The van der Waals surface area contributed by atoms with Crippen molar-refractivity contribution in [3.63, 3.8) is 0 Å². The number of nitrogens with two attached hydrogens (primary N) is 1. The van der Waals surface area contributed by atoms with E-state index in [1.54, 1.807) is 37.3 Å². The van der Waals surface area contributed by atoms with Gasteiger partial charge in [-0.15, -0.1) is 0 Å². The molecule has 0 atom stereocenters. The number of hydrazone groups is 1. The van der Waals surface area contributed by atoms with Crippen molar-refractivity contribution in [1.82, 2.24) is 5.43 Å². The van der Waals surface area contributed by atoms with E-state index in [4.69, 9.17) is 17.3 Å². The SMILES string of the molecule is C/C(=N\NC(=O)CCC(=O)Nc1cccc(Cl)c1C)c1cccc(N)c1. The summed E-state index contributed by atoms with van der Waals surface area (Å²) in [5.74, 6) is -0.603. The van der Waals surface area contributed by atoms with Crippen LogP contribution >= 0.6 is 11.6 Å². The normalized spacial score (nSPS) is 11.1. The fraction of sp³-hybridized carbons (Fsp3) is 0.211. The molecule has 7 heteroatoms. The quantitative estimate of drug-likeness (QED) is 0.411. The van der Waals surface area contributed by atoms with E-state index >= 15 is 0 Å². The second kappa shape index (κ2) is 9.01. The van der Waals surface area contributed by atoms with Gasteiger partial charge in [-0.1, -0.05) is 29.8 Å². The first kappa shape index (κ1) is 19.5. The molecule has 0 aliphatic carbocycles. The predicted octanol–water partition coefficient (Wildman–Crippen LogP) is 3.49. The van der Waals surface area contributed by atoms with Crippen molar-refractivity contribution < 1.29 is 9.59 Å². The lowest BCUT2D eigenvalue weighted by Gasteiger charge is -2.09. The minimum absolute atomic E-state index is 0.0269. The van der Waals surface area contributed by atoms with Gasteiger partial charge in [-0.05, 0) is 49.2 Å². The second-order valence-corrected chi connectivity index (χ2v) is 6.23. The van der Waals surface area contributed by atoms with Crippen molar-refractivity contribution in [2.24, 2.45) is 5.10 Å². The van der Waals surface area contributed by atoms with Crippen LogP contribution in [-0.2, 0) is 9.59 Å². The molecule has 0 saturated carbocycles. The molecule has 26 heavy (non-hydrogen) atoms. The molecule has 2 amide bonds. The van der Waals surface area contributed by atoms with Crippen LogP contribution in [0.4, 0.5) is 11.4 Å². The number of anilines is 2. The minimum Gasteiger partial charge on any atom is -0.399 e. The number of carbonyl (C=O) groups is 2. The zero-order valence-electron chi connectivity index (χ0n) is 14.7. The van der Waals surface area contributed by atoms with Gasteiger partial charge in [0.05, 0.1) is 5.71 Å². The average Bonchev–Trinajstić information content (AvgIpc) is 2.61. The molecule has 6 nitrogen and oxygen atoms in total. The van der Waals surface area contributed by atoms with Crippen molar-refractivity contribution in [2.75, 3.05) is 11.1 Å². The summed E-state index contributed by atoms with van der Waals surface area (Å²) in [6.07, 6.45) is 0.0732. The molecule has 0 saturated heterocycles. The van der Waals surface area contributed by atoms with Crippen LogP contribution in [0.5, 0.6) is 0 Å². The maximum absolute atomic E-state index is 12.0. The number of carbonyl (C=O) groups excluding carboxylic acids is 2. The number of nitrogens with one attached hydrogen (secondary N) is 2. The van der Waals surface area contributed by atoms with E-state index < -0.39 is 0 Å². The Morgan fingerprint density at radius 1 is 1.12 bits per heavy atom. The molecule has 0 spiro atoms. The van der Waals surface area contributed by atoms with Crippen LogP contribution in [0.2, 0.25) is 5.02 Å². The number of hydrogen-bond donors (Lipinski definition) is 3. The van der Waals surface area contributed by atoms with Crippen molar-refractivity contribution in [2.45, 2.75) is 26.7 Å². The Balaban J connectivity index is 1.83. The zero-order valence-corrected chi connectivity index (χ0v) is 15.4. The number of hydrogen-bond acceptors (Lipinski definition) is 4. The topological polar surface area (TPSA) is 96.6 Å². The van der Waals surface area contributed by atoms with Crippen molar-refractivity contribution in [1.29, 1.82) is 0 Å². The molecule has 2 aromatic rings. The summed E-state index contributed by atoms with van der Waals surface area (Å²) in [7, 11) is 0. The van der Waals surface area contributed by atoms with E-state index in [0.29, 0.717) is 22.1 Å². The van der Waals surface area contributed by atoms with Crippen molar-refractivity contribution >= 4 is 40.5 Å². The molecule has 0 aromatic heterocycles. The van der Waals surface area contributed by atoms with E-state index in [9.17, 15) is 9.59 Å². The minimum atomic E-state index is -0.341. The van der Waals surface area contributed by atoms with Crippen LogP contribution in [-0.4, -0.2) is 17.5 Å². The number of nitrogens with zero attached hydrogens (tertiary/aromatic N) is 1. The third-order valence-electron chi connectivity index (χ3n) is 3.77. The Hall–Kier alpha value is -2.86. The summed E-state index contributed by atoms with van der Waals surface area (Å²) in [6.45, 7) is 3.59. The highest BCUT2D eigenvalue weighted by Crippen LogP contribution is 2.23. The Bertz CT molecular complexity index is 849. The van der Waals surface area contributed by atoms with Gasteiger partial charge in [-0.25, -0.2) is 5.43 Å². The molecule has 136 valence electrons. The summed E-state index contributed by atoms with van der Waals surface area (Å²) in [5.41, 5.74) is 11.7. The molecule has 0 aliphatic rings. The summed E-state index contributed by atoms with van der Waals surface area (Å²) >= 11 is 6.02. The fourth-order valence-corrected chi connectivity index (χ4v) is 2.39. The molecule has 0 fully saturated rings. The lowest BCUT2D eigenvalue weighted by Crippen LogP contribution is -2.22. The number of benzene rings is 2. The molecule has 0 radical (unpaired) electrons. The van der Waals surface area contributed by atoms with E-state index in [-0.39, 0.29) is 24.7 Å². The van der Waals surface area contributed by atoms with Gasteiger partial charge in [0.2, 0.25) is 11.8 Å². The first-order chi connectivity index (χ1) is 12.4. The van der Waals surface area contributed by atoms with Gasteiger partial charge in [0, 0.05) is 29.2 Å². The summed E-state index contributed by atoms with van der Waals surface area (Å²) in [5, 5.41) is 7.36. The number of amides is 2. The smallest absolute Gasteiger partial charge is 0.240 e. The average molecular weight is 373 g/mol. The van der Waals surface area contributed by atoms with Crippen LogP contribution in [0, 0.1) is 6.92 Å². The van der Waals surface area contributed by atoms with Gasteiger partial charge in [0.25, 0.3) is 0 Å². The molecule has 0 heterocycles. The Kier molecular flexibility index (Phi) is 6.74. The van der Waals surface area contributed by atoms with Crippen LogP contribution in [0.3, 0.4) is 0 Å². The van der Waals surface area contributed by atoms with Gasteiger partial charge in [-0.2, -0.15) is 5.10 Å². The van der Waals surface area contributed by atoms with E-state index in [2.05, 4.69) is 15.8 Å². The van der Waals surface area contributed by atoms with E-state index in [0.717, 1.165) is 11.1 Å². The molecular weight excluding hydrogens is 352 g/mol. The monoisotopic (exact) mass is 372 g/mol. The molecule has 2 rings (SSSR count). The molecular formula is C19H21ClN4O2. The van der Waals surface area contributed by atoms with Gasteiger partial charge in [-0.3, -0.25) is 9.59 Å². The van der Waals surface area contributed by atoms with Crippen LogP contribution in [0.15, 0.2) is 47.6 Å². The Morgan fingerprint density at radius 3 is 2.54 bits per heavy atom. The highest BCUT2D eigenvalue weighted by atomic mass is 35.5. The first-order valence-electron chi connectivity index (χ1n) is 8.11. The molecule has 4 N–H and O–H groups in total. The van der Waals surface area contributed by atoms with Crippen LogP contribution < -0.4 is 16.5 Å². The van der Waals surface area contributed by atoms with E-state index in [1.807, 2.05) is 19.1 Å². The first-order valence-corrected chi connectivity index (χ1v) is 8.48. The fourth-order valence-electron chi connectivity index (χ4n) is 2.21. The standard InChI is InChI=1S/C19H21ClN4O2/c1-12-16(20)7-4-8-17(12)22-18(25)9-10-19(26)24-23-13(2)14-5-3-6-15(21)11-14/h3-8,11H,9-10,21H2,1-2H3,(H,22,25)(H,24,26)/b23-13+. The maximum atomic E-state index is 12.0. The van der Waals surface area contributed by atoms with Gasteiger partial charge < -0.3 is 11.1 Å². The number of rotatable bonds is 6. The summed E-state index contributed by atoms with van der Waals surface area (Å²) in [4.78, 5) is 23.9. The highest BCUT2D eigenvalue weighted by Gasteiger charge is 2.09. The van der Waals surface area contributed by atoms with E-state index in [1.165, 1.54) is 0 Å². The third kappa shape index (κ3) is 5.60. The molecule has 0 aliphatic heterocycles. The number of nitrogen functional groups attached to an aromatic ring is 1. The molecule has 2 aromatic carbocycles. The van der Waals surface area contributed by atoms with Gasteiger partial charge in [0.1, 0.15) is 0 Å². The summed E-state index contributed by atoms with van der Waals surface area (Å²) < 4.78 is 0. The molecule has 0 bridgehead atoms. The Labute approximate surface area is 157 Å². The molecule has 0 unspecified atom stereocenters. The largest absolute Gasteiger partial charge is 0.399 e. The lowest BCUT2D eigenvalue weighted by molar-refractivity contribution is -0.124. The Morgan fingerprint density at radius 2 is 1.81 bits per heavy atom. The van der Waals surface area contributed by atoms with Crippen molar-refractivity contribution in [3.05, 3.63) is 58.6 Å². The van der Waals surface area contributed by atoms with Gasteiger partial charge in [0.15, 0.2) is 0 Å².